The summed E-state index contributed by atoms with van der Waals surface area (Å²) in [5.74, 6) is -0.614. The predicted molar refractivity (Wildman–Crippen MR) is 74.9 cm³/mol. The number of hydrogen-bond acceptors (Lipinski definition) is 3. The van der Waals surface area contributed by atoms with Crippen molar-refractivity contribution in [1.29, 1.82) is 0 Å². The van der Waals surface area contributed by atoms with Crippen molar-refractivity contribution < 1.29 is 14.7 Å². The van der Waals surface area contributed by atoms with Gasteiger partial charge < -0.3 is 10.0 Å². The summed E-state index contributed by atoms with van der Waals surface area (Å²) in [5.41, 5.74) is 0.860. The van der Waals surface area contributed by atoms with Crippen molar-refractivity contribution in [3.8, 4) is 0 Å². The monoisotopic (exact) mass is 276 g/mol. The second kappa shape index (κ2) is 6.03. The van der Waals surface area contributed by atoms with E-state index in [-0.39, 0.29) is 11.5 Å². The molecule has 108 valence electrons. The molecule has 0 saturated carbocycles. The van der Waals surface area contributed by atoms with Crippen molar-refractivity contribution in [2.75, 3.05) is 13.1 Å². The van der Waals surface area contributed by atoms with Crippen molar-refractivity contribution in [2.24, 2.45) is 5.92 Å². The number of aryl methyl sites for hydroxylation is 1. The summed E-state index contributed by atoms with van der Waals surface area (Å²) in [5, 5.41) is 8.98. The molecule has 1 unspecified atom stereocenters. The fraction of sp³-hybridized carbons (Fsp3) is 0.533. The van der Waals surface area contributed by atoms with Crippen molar-refractivity contribution in [3.63, 3.8) is 0 Å². The van der Waals surface area contributed by atoms with Crippen LogP contribution in [0, 0.1) is 12.8 Å². The van der Waals surface area contributed by atoms with Gasteiger partial charge in [0.2, 0.25) is 0 Å². The molecule has 0 aliphatic carbocycles. The standard InChI is InChI=1S/C15H20N2O3/c1-10-5-3-4-8-17(9-10)14(18)13-7-6-12(15(19)20)11(2)16-13/h6-7,10H,3-5,8-9H2,1-2H3,(H,19,20). The van der Waals surface area contributed by atoms with E-state index in [0.29, 0.717) is 17.3 Å². The van der Waals surface area contributed by atoms with Crippen LogP contribution >= 0.6 is 0 Å². The number of likely N-dealkylation sites (tertiary alicyclic amines) is 1. The lowest BCUT2D eigenvalue weighted by atomic mass is 10.1. The molecule has 1 aliphatic rings. The van der Waals surface area contributed by atoms with E-state index in [1.807, 2.05) is 4.90 Å². The lowest BCUT2D eigenvalue weighted by Crippen LogP contribution is -2.34. The highest BCUT2D eigenvalue weighted by Crippen LogP contribution is 2.18. The zero-order valence-electron chi connectivity index (χ0n) is 11.9. The van der Waals surface area contributed by atoms with Crippen molar-refractivity contribution in [3.05, 3.63) is 29.1 Å². The van der Waals surface area contributed by atoms with Crippen LogP contribution in [0.2, 0.25) is 0 Å². The molecule has 2 heterocycles. The van der Waals surface area contributed by atoms with Crippen molar-refractivity contribution >= 4 is 11.9 Å². The van der Waals surface area contributed by atoms with Gasteiger partial charge in [-0.15, -0.1) is 0 Å². The highest BCUT2D eigenvalue weighted by atomic mass is 16.4. The summed E-state index contributed by atoms with van der Waals surface area (Å²) < 4.78 is 0. The first-order chi connectivity index (χ1) is 9.49. The lowest BCUT2D eigenvalue weighted by molar-refractivity contribution is 0.0690. The molecule has 20 heavy (non-hydrogen) atoms. The molecule has 1 saturated heterocycles. The van der Waals surface area contributed by atoms with Gasteiger partial charge in [0.15, 0.2) is 0 Å². The number of aromatic carboxylic acids is 1. The fourth-order valence-electron chi connectivity index (χ4n) is 2.61. The van der Waals surface area contributed by atoms with Gasteiger partial charge in [-0.3, -0.25) is 4.79 Å². The molecule has 1 aliphatic heterocycles. The van der Waals surface area contributed by atoms with E-state index in [2.05, 4.69) is 11.9 Å². The van der Waals surface area contributed by atoms with Crippen molar-refractivity contribution in [2.45, 2.75) is 33.1 Å². The van der Waals surface area contributed by atoms with Crippen LogP contribution in [0.1, 0.15) is 52.7 Å². The van der Waals surface area contributed by atoms with E-state index >= 15 is 0 Å². The van der Waals surface area contributed by atoms with Gasteiger partial charge in [0.1, 0.15) is 5.69 Å². The molecular formula is C15H20N2O3. The first-order valence-corrected chi connectivity index (χ1v) is 6.99. The highest BCUT2D eigenvalue weighted by Gasteiger charge is 2.22. The van der Waals surface area contributed by atoms with E-state index in [1.54, 1.807) is 6.92 Å². The van der Waals surface area contributed by atoms with Gasteiger partial charge >= 0.3 is 5.97 Å². The summed E-state index contributed by atoms with van der Waals surface area (Å²) >= 11 is 0. The molecule has 0 radical (unpaired) electrons. The van der Waals surface area contributed by atoms with Gasteiger partial charge in [-0.05, 0) is 37.8 Å². The summed E-state index contributed by atoms with van der Waals surface area (Å²) in [7, 11) is 0. The SMILES string of the molecule is Cc1nc(C(=O)N2CCCCC(C)C2)ccc1C(=O)O. The second-order valence-corrected chi connectivity index (χ2v) is 5.49. The van der Waals surface area contributed by atoms with E-state index in [1.165, 1.54) is 12.1 Å². The van der Waals surface area contributed by atoms with Crippen LogP contribution in [-0.2, 0) is 0 Å². The number of rotatable bonds is 2. The summed E-state index contributed by atoms with van der Waals surface area (Å²) in [6, 6.07) is 2.97. The third-order valence-electron chi connectivity index (χ3n) is 3.73. The topological polar surface area (TPSA) is 70.5 Å². The Labute approximate surface area is 118 Å². The number of hydrogen-bond donors (Lipinski definition) is 1. The van der Waals surface area contributed by atoms with Crippen LogP contribution in [0.3, 0.4) is 0 Å². The van der Waals surface area contributed by atoms with Gasteiger partial charge in [-0.1, -0.05) is 13.3 Å². The fourth-order valence-corrected chi connectivity index (χ4v) is 2.61. The molecule has 0 spiro atoms. The normalized spacial score (nSPS) is 19.5. The molecule has 1 N–H and O–H groups in total. The van der Waals surface area contributed by atoms with Crippen LogP contribution in [0.5, 0.6) is 0 Å². The number of carbonyl (C=O) groups is 2. The molecule has 1 fully saturated rings. The smallest absolute Gasteiger partial charge is 0.337 e. The summed E-state index contributed by atoms with van der Waals surface area (Å²) in [4.78, 5) is 29.4. The molecule has 1 aromatic heterocycles. The number of carboxylic acid groups (broad SMARTS) is 1. The minimum Gasteiger partial charge on any atom is -0.478 e. The van der Waals surface area contributed by atoms with E-state index in [4.69, 9.17) is 5.11 Å². The molecule has 1 amide bonds. The molecule has 1 aromatic rings. The van der Waals surface area contributed by atoms with E-state index in [9.17, 15) is 9.59 Å². The Morgan fingerprint density at radius 2 is 2.10 bits per heavy atom. The minimum absolute atomic E-state index is 0.0983. The average Bonchev–Trinajstić information content (AvgIpc) is 2.62. The average molecular weight is 276 g/mol. The quantitative estimate of drug-likeness (QED) is 0.900. The van der Waals surface area contributed by atoms with E-state index < -0.39 is 5.97 Å². The van der Waals surface area contributed by atoms with Crippen LogP contribution in [-0.4, -0.2) is 40.0 Å². The second-order valence-electron chi connectivity index (χ2n) is 5.49. The van der Waals surface area contributed by atoms with Gasteiger partial charge in [0, 0.05) is 13.1 Å². The van der Waals surface area contributed by atoms with Crippen molar-refractivity contribution in [1.82, 2.24) is 9.88 Å². The Bertz CT molecular complexity index is 528. The Hall–Kier alpha value is -1.91. The molecular weight excluding hydrogens is 256 g/mol. The molecule has 0 bridgehead atoms. The maximum absolute atomic E-state index is 12.4. The molecule has 2 rings (SSSR count). The zero-order chi connectivity index (χ0) is 14.7. The maximum Gasteiger partial charge on any atom is 0.337 e. The van der Waals surface area contributed by atoms with Gasteiger partial charge in [-0.2, -0.15) is 0 Å². The van der Waals surface area contributed by atoms with Crippen LogP contribution < -0.4 is 0 Å². The van der Waals surface area contributed by atoms with Gasteiger partial charge in [-0.25, -0.2) is 9.78 Å². The first-order valence-electron chi connectivity index (χ1n) is 6.99. The van der Waals surface area contributed by atoms with Crippen LogP contribution in [0.15, 0.2) is 12.1 Å². The predicted octanol–water partition coefficient (Wildman–Crippen LogP) is 2.35. The Kier molecular flexibility index (Phi) is 4.37. The van der Waals surface area contributed by atoms with Crippen LogP contribution in [0.25, 0.3) is 0 Å². The Morgan fingerprint density at radius 1 is 1.35 bits per heavy atom. The summed E-state index contributed by atoms with van der Waals surface area (Å²) in [6.07, 6.45) is 3.31. The molecule has 0 aromatic carbocycles. The molecule has 5 nitrogen and oxygen atoms in total. The number of amides is 1. The van der Waals surface area contributed by atoms with E-state index in [0.717, 1.165) is 32.4 Å². The first kappa shape index (κ1) is 14.5. The maximum atomic E-state index is 12.4. The third kappa shape index (κ3) is 3.15. The van der Waals surface area contributed by atoms with Crippen LogP contribution in [0.4, 0.5) is 0 Å². The van der Waals surface area contributed by atoms with Gasteiger partial charge in [0.05, 0.1) is 11.3 Å². The number of carboxylic acids is 1. The number of carbonyl (C=O) groups excluding carboxylic acids is 1. The largest absolute Gasteiger partial charge is 0.478 e. The Balaban J connectivity index is 2.20. The number of nitrogens with zero attached hydrogens (tertiary/aromatic N) is 2. The summed E-state index contributed by atoms with van der Waals surface area (Å²) in [6.45, 7) is 5.27. The molecule has 1 atom stereocenters. The highest BCUT2D eigenvalue weighted by molar-refractivity contribution is 5.94. The number of aromatic nitrogens is 1. The molecule has 5 heteroatoms. The minimum atomic E-state index is -1.02. The number of pyridine rings is 1. The third-order valence-corrected chi connectivity index (χ3v) is 3.73. The zero-order valence-corrected chi connectivity index (χ0v) is 11.9. The lowest BCUT2D eigenvalue weighted by Gasteiger charge is -2.22. The Morgan fingerprint density at radius 3 is 2.75 bits per heavy atom. The van der Waals surface area contributed by atoms with Gasteiger partial charge in [0.25, 0.3) is 5.91 Å².